The molecule has 0 bridgehead atoms. The fourth-order valence-electron chi connectivity index (χ4n) is 0.594. The van der Waals surface area contributed by atoms with Crippen LogP contribution in [0, 0.1) is 0 Å². The monoisotopic (exact) mass is 192 g/mol. The molecular weight excluding hydrogens is 177 g/mol. The summed E-state index contributed by atoms with van der Waals surface area (Å²) in [6.07, 6.45) is 1.26. The van der Waals surface area contributed by atoms with Gasteiger partial charge in [-0.15, -0.1) is 4.52 Å². The molecule has 0 aliphatic carbocycles. The maximum absolute atomic E-state index is 10.7. The molecular formula is C7H15NO3P+. The van der Waals surface area contributed by atoms with Crippen molar-refractivity contribution in [1.82, 2.24) is 5.32 Å². The third kappa shape index (κ3) is 7.63. The molecule has 0 aromatic heterocycles. The van der Waals surface area contributed by atoms with Gasteiger partial charge in [-0.2, -0.15) is 0 Å². The van der Waals surface area contributed by atoms with Gasteiger partial charge in [0.2, 0.25) is 5.91 Å². The average Bonchev–Trinajstić information content (AvgIpc) is 2.03. The van der Waals surface area contributed by atoms with E-state index in [1.54, 1.807) is 0 Å². The summed E-state index contributed by atoms with van der Waals surface area (Å²) in [4.78, 5) is 10.4. The predicted octanol–water partition coefficient (Wildman–Crippen LogP) is 1.29. The molecule has 1 amide bonds. The average molecular weight is 192 g/mol. The molecule has 1 atom stereocenters. The fourth-order valence-corrected chi connectivity index (χ4v) is 1.11. The summed E-state index contributed by atoms with van der Waals surface area (Å²) < 4.78 is 15.7. The minimum atomic E-state index is -1.47. The van der Waals surface area contributed by atoms with E-state index in [2.05, 4.69) is 5.32 Å². The van der Waals surface area contributed by atoms with Crippen molar-refractivity contribution in [3.8, 4) is 0 Å². The van der Waals surface area contributed by atoms with E-state index in [1.165, 1.54) is 6.92 Å². The zero-order chi connectivity index (χ0) is 9.40. The van der Waals surface area contributed by atoms with E-state index in [0.29, 0.717) is 25.7 Å². The summed E-state index contributed by atoms with van der Waals surface area (Å²) in [6.45, 7) is 4.31. The van der Waals surface area contributed by atoms with Crippen LogP contribution < -0.4 is 5.32 Å². The molecule has 0 aromatic carbocycles. The summed E-state index contributed by atoms with van der Waals surface area (Å²) >= 11 is 0. The Kier molecular flexibility index (Phi) is 6.91. The second kappa shape index (κ2) is 7.19. The summed E-state index contributed by atoms with van der Waals surface area (Å²) in [5.41, 5.74) is 0. The van der Waals surface area contributed by atoms with Gasteiger partial charge in [0.05, 0.1) is 0 Å². The minimum Gasteiger partial charge on any atom is -0.356 e. The van der Waals surface area contributed by atoms with E-state index < -0.39 is 8.03 Å². The molecule has 0 saturated heterocycles. The molecule has 5 heteroatoms. The molecule has 1 unspecified atom stereocenters. The Labute approximate surface area is 73.5 Å². The lowest BCUT2D eigenvalue weighted by Crippen LogP contribution is -2.21. The Morgan fingerprint density at radius 1 is 1.58 bits per heavy atom. The first-order valence-electron chi connectivity index (χ1n) is 3.98. The van der Waals surface area contributed by atoms with Crippen molar-refractivity contribution in [1.29, 1.82) is 0 Å². The van der Waals surface area contributed by atoms with Gasteiger partial charge in [0.1, 0.15) is 6.61 Å². The van der Waals surface area contributed by atoms with Gasteiger partial charge in [0, 0.05) is 13.5 Å². The highest BCUT2D eigenvalue weighted by atomic mass is 31.1. The molecule has 0 aliphatic heterocycles. The first kappa shape index (κ1) is 11.5. The number of carbonyl (C=O) groups is 1. The SMILES string of the molecule is CC[P+](=O)OCCCNC(C)=O. The van der Waals surface area contributed by atoms with Crippen molar-refractivity contribution in [2.24, 2.45) is 0 Å². The van der Waals surface area contributed by atoms with Crippen LogP contribution in [0.1, 0.15) is 20.3 Å². The van der Waals surface area contributed by atoms with Gasteiger partial charge in [-0.1, -0.05) is 0 Å². The van der Waals surface area contributed by atoms with Crippen LogP contribution in [-0.2, 0) is 13.9 Å². The molecule has 0 saturated carbocycles. The molecule has 1 N–H and O–H groups in total. The smallest absolute Gasteiger partial charge is 0.356 e. The zero-order valence-electron chi connectivity index (χ0n) is 7.50. The standard InChI is InChI=1S/C7H14NO3P/c1-3-12(10)11-6-4-5-8-7(2)9/h3-6H2,1-2H3/p+1. The Balaban J connectivity index is 3.11. The number of nitrogens with one attached hydrogen (secondary N) is 1. The number of hydrogen-bond acceptors (Lipinski definition) is 3. The lowest BCUT2D eigenvalue weighted by Gasteiger charge is -1.97. The molecule has 0 spiro atoms. The number of carbonyl (C=O) groups excluding carboxylic acids is 1. The van der Waals surface area contributed by atoms with E-state index in [9.17, 15) is 9.36 Å². The Morgan fingerprint density at radius 3 is 2.75 bits per heavy atom. The fraction of sp³-hybridized carbons (Fsp3) is 0.857. The highest BCUT2D eigenvalue weighted by Gasteiger charge is 2.11. The molecule has 0 rings (SSSR count). The van der Waals surface area contributed by atoms with Crippen LogP contribution in [0.3, 0.4) is 0 Å². The van der Waals surface area contributed by atoms with Crippen molar-refractivity contribution < 1.29 is 13.9 Å². The molecule has 0 aromatic rings. The van der Waals surface area contributed by atoms with Crippen LogP contribution in [0.4, 0.5) is 0 Å². The van der Waals surface area contributed by atoms with Crippen LogP contribution in [-0.4, -0.2) is 25.2 Å². The third-order valence-electron chi connectivity index (χ3n) is 1.19. The largest absolute Gasteiger partial charge is 0.507 e. The molecule has 0 heterocycles. The highest BCUT2D eigenvalue weighted by molar-refractivity contribution is 7.39. The second-order valence-corrected chi connectivity index (χ2v) is 3.87. The minimum absolute atomic E-state index is 0.0464. The van der Waals surface area contributed by atoms with Gasteiger partial charge in [-0.3, -0.25) is 4.79 Å². The molecule has 0 fully saturated rings. The summed E-state index contributed by atoms with van der Waals surface area (Å²) in [5.74, 6) is -0.0464. The van der Waals surface area contributed by atoms with Crippen LogP contribution in [0.25, 0.3) is 0 Å². The van der Waals surface area contributed by atoms with Crippen LogP contribution >= 0.6 is 8.03 Å². The first-order valence-corrected chi connectivity index (χ1v) is 5.35. The maximum atomic E-state index is 10.7. The van der Waals surface area contributed by atoms with Crippen LogP contribution in [0.15, 0.2) is 0 Å². The molecule has 4 nitrogen and oxygen atoms in total. The molecule has 12 heavy (non-hydrogen) atoms. The van der Waals surface area contributed by atoms with Crippen molar-refractivity contribution in [2.45, 2.75) is 20.3 Å². The number of rotatable bonds is 6. The highest BCUT2D eigenvalue weighted by Crippen LogP contribution is 2.20. The third-order valence-corrected chi connectivity index (χ3v) is 2.18. The lowest BCUT2D eigenvalue weighted by molar-refractivity contribution is -0.118. The van der Waals surface area contributed by atoms with Crippen molar-refractivity contribution in [3.05, 3.63) is 0 Å². The number of hydrogen-bond donors (Lipinski definition) is 1. The van der Waals surface area contributed by atoms with E-state index >= 15 is 0 Å². The normalized spacial score (nSPS) is 11.0. The Hall–Kier alpha value is -0.470. The van der Waals surface area contributed by atoms with Gasteiger partial charge in [0.15, 0.2) is 6.16 Å². The van der Waals surface area contributed by atoms with Crippen LogP contribution in [0.5, 0.6) is 0 Å². The lowest BCUT2D eigenvalue weighted by atomic mass is 10.4. The molecule has 0 radical (unpaired) electrons. The van der Waals surface area contributed by atoms with Gasteiger partial charge >= 0.3 is 8.03 Å². The quantitative estimate of drug-likeness (QED) is 0.509. The zero-order valence-corrected chi connectivity index (χ0v) is 8.39. The Bertz CT molecular complexity index is 161. The van der Waals surface area contributed by atoms with E-state index in [1.807, 2.05) is 6.92 Å². The second-order valence-electron chi connectivity index (χ2n) is 2.32. The van der Waals surface area contributed by atoms with Crippen molar-refractivity contribution in [3.63, 3.8) is 0 Å². The topological polar surface area (TPSA) is 55.4 Å². The van der Waals surface area contributed by atoms with Crippen molar-refractivity contribution >= 4 is 13.9 Å². The van der Waals surface area contributed by atoms with E-state index in [4.69, 9.17) is 4.52 Å². The molecule has 70 valence electrons. The first-order chi connectivity index (χ1) is 5.66. The maximum Gasteiger partial charge on any atom is 0.507 e. The van der Waals surface area contributed by atoms with Crippen molar-refractivity contribution in [2.75, 3.05) is 19.3 Å². The van der Waals surface area contributed by atoms with Gasteiger partial charge in [-0.05, 0) is 17.9 Å². The molecule has 0 aliphatic rings. The van der Waals surface area contributed by atoms with E-state index in [-0.39, 0.29) is 5.91 Å². The van der Waals surface area contributed by atoms with Crippen LogP contribution in [0.2, 0.25) is 0 Å². The Morgan fingerprint density at radius 2 is 2.25 bits per heavy atom. The predicted molar refractivity (Wildman–Crippen MR) is 47.4 cm³/mol. The van der Waals surface area contributed by atoms with Gasteiger partial charge in [0.25, 0.3) is 0 Å². The number of amides is 1. The van der Waals surface area contributed by atoms with Gasteiger partial charge < -0.3 is 5.32 Å². The summed E-state index contributed by atoms with van der Waals surface area (Å²) in [5, 5.41) is 2.62. The summed E-state index contributed by atoms with van der Waals surface area (Å²) in [7, 11) is -1.47. The summed E-state index contributed by atoms with van der Waals surface area (Å²) in [6, 6.07) is 0. The van der Waals surface area contributed by atoms with Gasteiger partial charge in [-0.25, -0.2) is 0 Å². The van der Waals surface area contributed by atoms with E-state index in [0.717, 1.165) is 0 Å².